The molecule has 3 N–H and O–H groups in total. The molecular weight excluding hydrogens is 442 g/mol. The molecule has 1 atom stereocenters. The zero-order chi connectivity index (χ0) is 24.2. The van der Waals surface area contributed by atoms with E-state index in [0.717, 1.165) is 38.2 Å². The van der Waals surface area contributed by atoms with Gasteiger partial charge >= 0.3 is 6.03 Å². The molecule has 3 aromatic carbocycles. The van der Waals surface area contributed by atoms with Crippen LogP contribution in [0.3, 0.4) is 0 Å². The summed E-state index contributed by atoms with van der Waals surface area (Å²) in [4.78, 5) is 48.1. The fourth-order valence-corrected chi connectivity index (χ4v) is 5.11. The number of benzene rings is 3. The Morgan fingerprint density at radius 1 is 1.09 bits per heavy atom. The molecule has 1 aliphatic carbocycles. The molecule has 0 radical (unpaired) electrons. The lowest BCUT2D eigenvalue weighted by molar-refractivity contribution is -0.134. The summed E-state index contributed by atoms with van der Waals surface area (Å²) in [6, 6.07) is 20.4. The van der Waals surface area contributed by atoms with Crippen LogP contribution in [-0.2, 0) is 21.5 Å². The number of imidazole rings is 1. The number of nitrogens with one attached hydrogen (secondary N) is 3. The first-order valence-corrected chi connectivity index (χ1v) is 11.5. The zero-order valence-corrected chi connectivity index (χ0v) is 19.1. The molecule has 0 saturated carbocycles. The van der Waals surface area contributed by atoms with Gasteiger partial charge < -0.3 is 15.6 Å². The van der Waals surface area contributed by atoms with Crippen LogP contribution < -0.4 is 10.6 Å². The third-order valence-corrected chi connectivity index (χ3v) is 6.82. The van der Waals surface area contributed by atoms with Gasteiger partial charge in [-0.1, -0.05) is 48.0 Å². The van der Waals surface area contributed by atoms with E-state index in [2.05, 4.69) is 20.6 Å². The van der Waals surface area contributed by atoms with E-state index in [0.29, 0.717) is 24.4 Å². The number of H-pyrrole nitrogens is 1. The van der Waals surface area contributed by atoms with E-state index < -0.39 is 17.5 Å². The van der Waals surface area contributed by atoms with Crippen molar-refractivity contribution in [2.45, 2.75) is 25.3 Å². The Balaban J connectivity index is 1.25. The van der Waals surface area contributed by atoms with Crippen LogP contribution in [0.4, 0.5) is 10.5 Å². The number of amides is 4. The monoisotopic (exact) mass is 465 g/mol. The minimum absolute atomic E-state index is 0.373. The molecule has 8 nitrogen and oxygen atoms in total. The fraction of sp³-hybridized carbons (Fsp3) is 0.185. The van der Waals surface area contributed by atoms with Gasteiger partial charge in [-0.15, -0.1) is 0 Å². The molecule has 1 unspecified atom stereocenters. The Bertz CT molecular complexity index is 1490. The normalized spacial score (nSPS) is 18.8. The minimum atomic E-state index is -1.09. The van der Waals surface area contributed by atoms with Gasteiger partial charge in [-0.05, 0) is 55.2 Å². The van der Waals surface area contributed by atoms with E-state index in [-0.39, 0.29) is 12.5 Å². The van der Waals surface area contributed by atoms with Crippen molar-refractivity contribution in [1.82, 2.24) is 20.2 Å². The maximum atomic E-state index is 13.4. The molecule has 0 bridgehead atoms. The standard InChI is InChI=1S/C27H23N5O3/c1-16-10-11-20(18(14-16)24-29-21-8-4-5-9-22(21)30-24)28-23(33)15-32-25(34)27(31-26(32)35)13-12-17-6-2-3-7-19(17)27/h2-11,14H,12-13,15H2,1H3,(H,28,33)(H,29,30)(H,31,35). The second kappa shape index (κ2) is 7.80. The first-order valence-electron chi connectivity index (χ1n) is 11.5. The molecule has 2 heterocycles. The van der Waals surface area contributed by atoms with E-state index in [1.165, 1.54) is 0 Å². The van der Waals surface area contributed by atoms with Gasteiger partial charge in [0.15, 0.2) is 0 Å². The van der Waals surface area contributed by atoms with Gasteiger partial charge in [0.25, 0.3) is 5.91 Å². The highest BCUT2D eigenvalue weighted by Gasteiger charge is 2.55. The number of anilines is 1. The first kappa shape index (κ1) is 21.1. The maximum Gasteiger partial charge on any atom is 0.325 e. The van der Waals surface area contributed by atoms with E-state index in [1.807, 2.05) is 67.6 Å². The predicted molar refractivity (Wildman–Crippen MR) is 132 cm³/mol. The second-order valence-electron chi connectivity index (χ2n) is 9.08. The number of carbonyl (C=O) groups is 3. The number of hydrogen-bond donors (Lipinski definition) is 3. The largest absolute Gasteiger partial charge is 0.338 e. The summed E-state index contributed by atoms with van der Waals surface area (Å²) in [6.45, 7) is 1.59. The van der Waals surface area contributed by atoms with Crippen LogP contribution in [-0.4, -0.2) is 39.3 Å². The Kier molecular flexibility index (Phi) is 4.70. The number of carbonyl (C=O) groups excluding carboxylic acids is 3. The number of nitrogens with zero attached hydrogens (tertiary/aromatic N) is 2. The number of urea groups is 1. The van der Waals surface area contributed by atoms with E-state index >= 15 is 0 Å². The molecule has 35 heavy (non-hydrogen) atoms. The van der Waals surface area contributed by atoms with Gasteiger partial charge in [0.05, 0.1) is 16.7 Å². The molecule has 2 aliphatic rings. The van der Waals surface area contributed by atoms with Crippen molar-refractivity contribution in [3.63, 3.8) is 0 Å². The molecule has 1 spiro atoms. The predicted octanol–water partition coefficient (Wildman–Crippen LogP) is 3.87. The van der Waals surface area contributed by atoms with Crippen molar-refractivity contribution >= 4 is 34.6 Å². The second-order valence-corrected chi connectivity index (χ2v) is 9.08. The van der Waals surface area contributed by atoms with Crippen molar-refractivity contribution in [2.75, 3.05) is 11.9 Å². The molecule has 8 heteroatoms. The summed E-state index contributed by atoms with van der Waals surface area (Å²) < 4.78 is 0. The summed E-state index contributed by atoms with van der Waals surface area (Å²) in [5.41, 5.74) is 4.77. The van der Waals surface area contributed by atoms with Crippen molar-refractivity contribution in [2.24, 2.45) is 0 Å². The summed E-state index contributed by atoms with van der Waals surface area (Å²) in [5, 5.41) is 5.73. The lowest BCUT2D eigenvalue weighted by atomic mass is 9.92. The average molecular weight is 466 g/mol. The summed E-state index contributed by atoms with van der Waals surface area (Å²) >= 11 is 0. The van der Waals surface area contributed by atoms with Gasteiger partial charge in [-0.2, -0.15) is 0 Å². The van der Waals surface area contributed by atoms with Crippen LogP contribution in [0, 0.1) is 6.92 Å². The Morgan fingerprint density at radius 3 is 2.74 bits per heavy atom. The third kappa shape index (κ3) is 3.37. The highest BCUT2D eigenvalue weighted by molar-refractivity contribution is 6.11. The average Bonchev–Trinajstić information content (AvgIpc) is 3.52. The fourth-order valence-electron chi connectivity index (χ4n) is 5.11. The highest BCUT2D eigenvalue weighted by Crippen LogP contribution is 2.41. The van der Waals surface area contributed by atoms with E-state index in [9.17, 15) is 14.4 Å². The SMILES string of the molecule is Cc1ccc(NC(=O)CN2C(=O)NC3(CCc4ccccc43)C2=O)c(-c2nc3ccccc3[nH]2)c1. The highest BCUT2D eigenvalue weighted by atomic mass is 16.2. The summed E-state index contributed by atoms with van der Waals surface area (Å²) in [7, 11) is 0. The molecule has 1 saturated heterocycles. The number of aromatic nitrogens is 2. The van der Waals surface area contributed by atoms with Gasteiger partial charge in [0, 0.05) is 5.56 Å². The number of imide groups is 1. The number of aryl methyl sites for hydroxylation is 2. The Labute approximate surface area is 201 Å². The lowest BCUT2D eigenvalue weighted by Crippen LogP contribution is -2.43. The molecule has 6 rings (SSSR count). The number of fused-ring (bicyclic) bond motifs is 3. The number of hydrogen-bond acceptors (Lipinski definition) is 4. The Morgan fingerprint density at radius 2 is 1.89 bits per heavy atom. The molecular formula is C27H23N5O3. The van der Waals surface area contributed by atoms with Crippen molar-refractivity contribution in [1.29, 1.82) is 0 Å². The van der Waals surface area contributed by atoms with Crippen molar-refractivity contribution < 1.29 is 14.4 Å². The molecule has 4 amide bonds. The van der Waals surface area contributed by atoms with Crippen LogP contribution in [0.15, 0.2) is 66.7 Å². The van der Waals surface area contributed by atoms with Gasteiger partial charge in [0.1, 0.15) is 17.9 Å². The number of rotatable bonds is 4. The number of para-hydroxylation sites is 2. The van der Waals surface area contributed by atoms with Gasteiger partial charge in [-0.3, -0.25) is 14.5 Å². The van der Waals surface area contributed by atoms with Crippen LogP contribution in [0.2, 0.25) is 0 Å². The van der Waals surface area contributed by atoms with Gasteiger partial charge in [0.2, 0.25) is 5.91 Å². The van der Waals surface area contributed by atoms with E-state index in [4.69, 9.17) is 0 Å². The van der Waals surface area contributed by atoms with E-state index in [1.54, 1.807) is 6.07 Å². The van der Waals surface area contributed by atoms with Crippen LogP contribution >= 0.6 is 0 Å². The smallest absolute Gasteiger partial charge is 0.325 e. The van der Waals surface area contributed by atoms with Gasteiger partial charge in [-0.25, -0.2) is 9.78 Å². The molecule has 1 aliphatic heterocycles. The third-order valence-electron chi connectivity index (χ3n) is 6.82. The van der Waals surface area contributed by atoms with Crippen LogP contribution in [0.1, 0.15) is 23.1 Å². The summed E-state index contributed by atoms with van der Waals surface area (Å²) in [6.07, 6.45) is 1.19. The van der Waals surface area contributed by atoms with Crippen molar-refractivity contribution in [3.8, 4) is 11.4 Å². The van der Waals surface area contributed by atoms with Crippen molar-refractivity contribution in [3.05, 3.63) is 83.4 Å². The minimum Gasteiger partial charge on any atom is -0.338 e. The summed E-state index contributed by atoms with van der Waals surface area (Å²) in [5.74, 6) is -0.219. The molecule has 1 fully saturated rings. The number of aromatic amines is 1. The molecule has 1 aromatic heterocycles. The Hall–Kier alpha value is -4.46. The maximum absolute atomic E-state index is 13.4. The van der Waals surface area contributed by atoms with Crippen LogP contribution in [0.5, 0.6) is 0 Å². The lowest BCUT2D eigenvalue weighted by Gasteiger charge is -2.22. The molecule has 4 aromatic rings. The quantitative estimate of drug-likeness (QED) is 0.398. The van der Waals surface area contributed by atoms with Crippen LogP contribution in [0.25, 0.3) is 22.4 Å². The topological polar surface area (TPSA) is 107 Å². The first-order chi connectivity index (χ1) is 16.9. The molecule has 174 valence electrons. The zero-order valence-electron chi connectivity index (χ0n) is 19.1.